The summed E-state index contributed by atoms with van der Waals surface area (Å²) >= 11 is 0. The molecule has 4 nitrogen and oxygen atoms in total. The van der Waals surface area contributed by atoms with Gasteiger partial charge in [-0.2, -0.15) is 5.26 Å². The number of amides is 1. The molecule has 0 saturated carbocycles. The minimum atomic E-state index is -0.548. The van der Waals surface area contributed by atoms with Gasteiger partial charge in [0, 0.05) is 7.05 Å². The fourth-order valence-corrected chi connectivity index (χ4v) is 1.25. The van der Waals surface area contributed by atoms with E-state index >= 15 is 0 Å². The maximum Gasteiger partial charge on any atom is 0.210 e. The molecule has 1 atom stereocenters. The maximum absolute atomic E-state index is 10.6. The first kappa shape index (κ1) is 11.1. The molecule has 0 spiro atoms. The van der Waals surface area contributed by atoms with E-state index < -0.39 is 6.04 Å². The normalized spacial score (nSPS) is 11.3. The predicted octanol–water partition coefficient (Wildman–Crippen LogP) is 1.35. The molecule has 0 aliphatic heterocycles. The SMILES string of the molecule is COc1ccc(C(C#N)N(C)C=O)cc1. The van der Waals surface area contributed by atoms with E-state index in [4.69, 9.17) is 10.00 Å². The first-order chi connectivity index (χ1) is 7.22. The highest BCUT2D eigenvalue weighted by atomic mass is 16.5. The van der Waals surface area contributed by atoms with Crippen LogP contribution in [0.2, 0.25) is 0 Å². The zero-order valence-electron chi connectivity index (χ0n) is 8.68. The van der Waals surface area contributed by atoms with Crippen LogP contribution in [0.15, 0.2) is 24.3 Å². The molecule has 0 bridgehead atoms. The Hall–Kier alpha value is -2.02. The Kier molecular flexibility index (Phi) is 3.69. The van der Waals surface area contributed by atoms with Crippen molar-refractivity contribution >= 4 is 6.41 Å². The molecule has 0 aliphatic carbocycles. The second-order valence-corrected chi connectivity index (χ2v) is 3.08. The van der Waals surface area contributed by atoms with Crippen molar-refractivity contribution in [2.24, 2.45) is 0 Å². The Morgan fingerprint density at radius 3 is 2.47 bits per heavy atom. The zero-order chi connectivity index (χ0) is 11.3. The van der Waals surface area contributed by atoms with E-state index in [2.05, 4.69) is 6.07 Å². The molecule has 78 valence electrons. The first-order valence-electron chi connectivity index (χ1n) is 4.43. The number of nitriles is 1. The molecule has 1 amide bonds. The molecule has 1 unspecified atom stereocenters. The zero-order valence-corrected chi connectivity index (χ0v) is 8.68. The van der Waals surface area contributed by atoms with Gasteiger partial charge in [-0.15, -0.1) is 0 Å². The third-order valence-electron chi connectivity index (χ3n) is 2.13. The standard InChI is InChI=1S/C11H12N2O2/c1-13(8-14)11(7-12)9-3-5-10(15-2)6-4-9/h3-6,8,11H,1-2H3. The monoisotopic (exact) mass is 204 g/mol. The minimum Gasteiger partial charge on any atom is -0.497 e. The van der Waals surface area contributed by atoms with Gasteiger partial charge in [0.25, 0.3) is 0 Å². The van der Waals surface area contributed by atoms with Crippen molar-refractivity contribution in [2.45, 2.75) is 6.04 Å². The van der Waals surface area contributed by atoms with Gasteiger partial charge >= 0.3 is 0 Å². The van der Waals surface area contributed by atoms with Gasteiger partial charge in [-0.3, -0.25) is 4.79 Å². The van der Waals surface area contributed by atoms with E-state index in [0.29, 0.717) is 6.41 Å². The molecular weight excluding hydrogens is 192 g/mol. The number of nitrogens with zero attached hydrogens (tertiary/aromatic N) is 2. The lowest BCUT2D eigenvalue weighted by Gasteiger charge is -2.17. The lowest BCUT2D eigenvalue weighted by molar-refractivity contribution is -0.118. The maximum atomic E-state index is 10.6. The van der Waals surface area contributed by atoms with E-state index in [1.807, 2.05) is 0 Å². The Morgan fingerprint density at radius 2 is 2.07 bits per heavy atom. The van der Waals surface area contributed by atoms with Crippen LogP contribution < -0.4 is 4.74 Å². The lowest BCUT2D eigenvalue weighted by atomic mass is 10.1. The van der Waals surface area contributed by atoms with Crippen LogP contribution in [0.1, 0.15) is 11.6 Å². The molecule has 0 aromatic heterocycles. The fourth-order valence-electron chi connectivity index (χ4n) is 1.25. The predicted molar refractivity (Wildman–Crippen MR) is 55.2 cm³/mol. The largest absolute Gasteiger partial charge is 0.497 e. The number of carbonyl (C=O) groups excluding carboxylic acids is 1. The van der Waals surface area contributed by atoms with Gasteiger partial charge in [-0.1, -0.05) is 12.1 Å². The van der Waals surface area contributed by atoms with E-state index in [0.717, 1.165) is 11.3 Å². The van der Waals surface area contributed by atoms with Crippen LogP contribution >= 0.6 is 0 Å². The van der Waals surface area contributed by atoms with Crippen LogP contribution in [0.25, 0.3) is 0 Å². The third-order valence-corrected chi connectivity index (χ3v) is 2.13. The number of rotatable bonds is 4. The van der Waals surface area contributed by atoms with Crippen molar-refractivity contribution in [2.75, 3.05) is 14.2 Å². The molecule has 0 aliphatic rings. The van der Waals surface area contributed by atoms with Gasteiger partial charge in [0.1, 0.15) is 11.8 Å². The number of methoxy groups -OCH3 is 1. The average molecular weight is 204 g/mol. The van der Waals surface area contributed by atoms with E-state index in [-0.39, 0.29) is 0 Å². The van der Waals surface area contributed by atoms with Gasteiger partial charge in [0.15, 0.2) is 0 Å². The summed E-state index contributed by atoms with van der Waals surface area (Å²) in [5.74, 6) is 0.726. The number of hydrogen-bond donors (Lipinski definition) is 0. The van der Waals surface area contributed by atoms with Crippen LogP contribution in [0.5, 0.6) is 5.75 Å². The number of carbonyl (C=O) groups is 1. The van der Waals surface area contributed by atoms with Crippen LogP contribution in [0.4, 0.5) is 0 Å². The van der Waals surface area contributed by atoms with Crippen LogP contribution in [-0.2, 0) is 4.79 Å². The number of benzene rings is 1. The summed E-state index contributed by atoms with van der Waals surface area (Å²) in [4.78, 5) is 11.9. The van der Waals surface area contributed by atoms with Gasteiger partial charge in [-0.05, 0) is 17.7 Å². The molecule has 1 aromatic carbocycles. The molecule has 1 aromatic rings. The summed E-state index contributed by atoms with van der Waals surface area (Å²) in [6.45, 7) is 0. The summed E-state index contributed by atoms with van der Waals surface area (Å²) in [5.41, 5.74) is 0.771. The van der Waals surface area contributed by atoms with E-state index in [1.165, 1.54) is 4.90 Å². The number of hydrogen-bond acceptors (Lipinski definition) is 3. The number of ether oxygens (including phenoxy) is 1. The van der Waals surface area contributed by atoms with Gasteiger partial charge in [0.2, 0.25) is 6.41 Å². The first-order valence-corrected chi connectivity index (χ1v) is 4.43. The summed E-state index contributed by atoms with van der Waals surface area (Å²) in [5, 5.41) is 8.93. The second kappa shape index (κ2) is 5.01. The van der Waals surface area contributed by atoms with Gasteiger partial charge in [-0.25, -0.2) is 0 Å². The van der Waals surface area contributed by atoms with Crippen LogP contribution in [0, 0.1) is 11.3 Å². The third kappa shape index (κ3) is 2.47. The van der Waals surface area contributed by atoms with Crippen molar-refractivity contribution in [3.63, 3.8) is 0 Å². The smallest absolute Gasteiger partial charge is 0.210 e. The summed E-state index contributed by atoms with van der Waals surface area (Å²) in [6.07, 6.45) is 0.637. The van der Waals surface area contributed by atoms with Crippen LogP contribution in [-0.4, -0.2) is 25.5 Å². The molecule has 1 rings (SSSR count). The Balaban J connectivity index is 2.94. The van der Waals surface area contributed by atoms with Crippen molar-refractivity contribution in [1.82, 2.24) is 4.90 Å². The summed E-state index contributed by atoms with van der Waals surface area (Å²) < 4.78 is 5.00. The van der Waals surface area contributed by atoms with E-state index in [1.54, 1.807) is 38.4 Å². The summed E-state index contributed by atoms with van der Waals surface area (Å²) in [6, 6.07) is 8.58. The van der Waals surface area contributed by atoms with Crippen molar-refractivity contribution in [1.29, 1.82) is 5.26 Å². The van der Waals surface area contributed by atoms with Crippen molar-refractivity contribution in [3.05, 3.63) is 29.8 Å². The molecule has 0 N–H and O–H groups in total. The van der Waals surface area contributed by atoms with Gasteiger partial charge in [0.05, 0.1) is 13.2 Å². The quantitative estimate of drug-likeness (QED) is 0.695. The molecule has 0 radical (unpaired) electrons. The Labute approximate surface area is 88.7 Å². The highest BCUT2D eigenvalue weighted by Gasteiger charge is 2.14. The fraction of sp³-hybridized carbons (Fsp3) is 0.273. The highest BCUT2D eigenvalue weighted by molar-refractivity contribution is 5.49. The molecule has 0 fully saturated rings. The second-order valence-electron chi connectivity index (χ2n) is 3.08. The molecule has 0 heterocycles. The van der Waals surface area contributed by atoms with E-state index in [9.17, 15) is 4.79 Å². The average Bonchev–Trinajstić information content (AvgIpc) is 2.30. The molecule has 4 heteroatoms. The Bertz CT molecular complexity index is 367. The topological polar surface area (TPSA) is 53.3 Å². The lowest BCUT2D eigenvalue weighted by Crippen LogP contribution is -2.21. The molecular formula is C11H12N2O2. The van der Waals surface area contributed by atoms with Gasteiger partial charge < -0.3 is 9.64 Å². The summed E-state index contributed by atoms with van der Waals surface area (Å²) in [7, 11) is 3.15. The molecule has 15 heavy (non-hydrogen) atoms. The highest BCUT2D eigenvalue weighted by Crippen LogP contribution is 2.20. The minimum absolute atomic E-state index is 0.548. The van der Waals surface area contributed by atoms with Crippen molar-refractivity contribution < 1.29 is 9.53 Å². The Morgan fingerprint density at radius 1 is 1.47 bits per heavy atom. The molecule has 0 saturated heterocycles. The van der Waals surface area contributed by atoms with Crippen molar-refractivity contribution in [3.8, 4) is 11.8 Å². The van der Waals surface area contributed by atoms with Crippen LogP contribution in [0.3, 0.4) is 0 Å².